The van der Waals surface area contributed by atoms with Crippen LogP contribution >= 0.6 is 0 Å². The molecule has 0 saturated carbocycles. The first-order valence-corrected chi connectivity index (χ1v) is 11.5. The molecule has 4 atom stereocenters. The quantitative estimate of drug-likeness (QED) is 0.575. The number of ether oxygens (including phenoxy) is 1. The molecular weight excluding hydrogens is 421 g/mol. The molecule has 3 saturated heterocycles. The number of aromatic nitrogens is 3. The number of hydrogen-bond acceptors (Lipinski definition) is 4. The molecule has 0 aliphatic carbocycles. The zero-order valence-electron chi connectivity index (χ0n) is 18.7. The van der Waals surface area contributed by atoms with Gasteiger partial charge in [0.15, 0.2) is 0 Å². The Morgan fingerprint density at radius 1 is 1.21 bits per heavy atom. The molecule has 0 spiro atoms. The second kappa shape index (κ2) is 9.31. The molecule has 33 heavy (non-hydrogen) atoms. The van der Waals surface area contributed by atoms with Crippen LogP contribution in [0.3, 0.4) is 0 Å². The Bertz CT molecular complexity index is 1100. The first-order chi connectivity index (χ1) is 16.1. The van der Waals surface area contributed by atoms with E-state index >= 15 is 0 Å². The summed E-state index contributed by atoms with van der Waals surface area (Å²) in [5, 5.41) is 11.8. The van der Waals surface area contributed by atoms with Crippen LogP contribution in [0.25, 0.3) is 11.3 Å². The maximum Gasteiger partial charge on any atom is 0.229 e. The minimum absolute atomic E-state index is 0.0380. The average Bonchev–Trinajstić information content (AvgIpc) is 3.32. The maximum absolute atomic E-state index is 13.1. The van der Waals surface area contributed by atoms with Crippen molar-refractivity contribution in [3.05, 3.63) is 66.1 Å². The summed E-state index contributed by atoms with van der Waals surface area (Å²) in [6.07, 6.45) is 4.09. The van der Waals surface area contributed by atoms with Crippen molar-refractivity contribution in [2.45, 2.75) is 32.0 Å². The third-order valence-electron chi connectivity index (χ3n) is 7.10. The van der Waals surface area contributed by atoms with E-state index in [1.54, 1.807) is 19.2 Å². The summed E-state index contributed by atoms with van der Waals surface area (Å²) in [6, 6.07) is 14.5. The van der Waals surface area contributed by atoms with E-state index in [-0.39, 0.29) is 17.6 Å². The second-order valence-corrected chi connectivity index (χ2v) is 9.10. The number of piperidine rings is 3. The van der Waals surface area contributed by atoms with E-state index in [4.69, 9.17) is 4.74 Å². The fraction of sp³-hybridized carbons (Fsp3) is 0.400. The third kappa shape index (κ3) is 4.75. The van der Waals surface area contributed by atoms with Gasteiger partial charge in [0.2, 0.25) is 5.91 Å². The Hall–Kier alpha value is -3.26. The van der Waals surface area contributed by atoms with Crippen molar-refractivity contribution < 1.29 is 18.8 Å². The van der Waals surface area contributed by atoms with Gasteiger partial charge < -0.3 is 15.0 Å². The molecule has 4 heterocycles. The fourth-order valence-corrected chi connectivity index (χ4v) is 5.25. The average molecular weight is 451 g/mol. The van der Waals surface area contributed by atoms with Crippen molar-refractivity contribution in [3.63, 3.8) is 0 Å². The minimum Gasteiger partial charge on any atom is -0.497 e. The molecule has 6 rings (SSSR count). The second-order valence-electron chi connectivity index (χ2n) is 9.10. The number of rotatable bonds is 7. The molecule has 3 aliphatic heterocycles. The Morgan fingerprint density at radius 2 is 2.00 bits per heavy atom. The maximum atomic E-state index is 13.1. The normalized spacial score (nSPS) is 23.9. The largest absolute Gasteiger partial charge is 0.497 e. The number of benzene rings is 2. The van der Waals surface area contributed by atoms with Crippen LogP contribution in [-0.2, 0) is 17.9 Å². The van der Waals surface area contributed by atoms with Crippen LogP contribution in [0, 0.1) is 17.7 Å². The molecule has 7 nitrogen and oxygen atoms in total. The number of quaternary nitrogens is 1. The van der Waals surface area contributed by atoms with Gasteiger partial charge in [-0.1, -0.05) is 17.3 Å². The molecule has 0 radical (unpaired) electrons. The molecular formula is C25H29FN5O2+. The predicted molar refractivity (Wildman–Crippen MR) is 121 cm³/mol. The minimum atomic E-state index is -0.263. The van der Waals surface area contributed by atoms with E-state index in [0.717, 1.165) is 55.0 Å². The Balaban J connectivity index is 1.17. The van der Waals surface area contributed by atoms with Gasteiger partial charge in [-0.15, -0.1) is 5.10 Å². The number of fused-ring (bicyclic) bond motifs is 3. The highest BCUT2D eigenvalue weighted by Gasteiger charge is 2.46. The highest BCUT2D eigenvalue weighted by Crippen LogP contribution is 2.28. The predicted octanol–water partition coefficient (Wildman–Crippen LogP) is 1.70. The van der Waals surface area contributed by atoms with Gasteiger partial charge in [0.25, 0.3) is 0 Å². The van der Waals surface area contributed by atoms with E-state index in [1.165, 1.54) is 17.0 Å². The van der Waals surface area contributed by atoms with Gasteiger partial charge in [-0.2, -0.15) is 0 Å². The number of nitrogens with zero attached hydrogens (tertiary/aromatic N) is 3. The molecule has 2 N–H and O–H groups in total. The monoisotopic (exact) mass is 450 g/mol. The summed E-state index contributed by atoms with van der Waals surface area (Å²) in [4.78, 5) is 14.3. The van der Waals surface area contributed by atoms with Crippen molar-refractivity contribution in [1.82, 2.24) is 20.3 Å². The van der Waals surface area contributed by atoms with E-state index < -0.39 is 0 Å². The Morgan fingerprint density at radius 3 is 2.70 bits per heavy atom. The van der Waals surface area contributed by atoms with Crippen LogP contribution in [0.2, 0.25) is 0 Å². The smallest absolute Gasteiger partial charge is 0.229 e. The number of hydrogen-bond donors (Lipinski definition) is 2. The van der Waals surface area contributed by atoms with Crippen LogP contribution in [0.5, 0.6) is 5.75 Å². The topological polar surface area (TPSA) is 73.5 Å². The lowest BCUT2D eigenvalue weighted by molar-refractivity contribution is -0.945. The van der Waals surface area contributed by atoms with Crippen molar-refractivity contribution in [2.24, 2.45) is 11.8 Å². The van der Waals surface area contributed by atoms with Gasteiger partial charge in [-0.05, 0) is 47.9 Å². The van der Waals surface area contributed by atoms with Crippen LogP contribution < -0.4 is 15.0 Å². The SMILES string of the molecule is COc1ccc(-c2cn(C[C@H]3C[C@@H]4CC[NH+]3C[C@@H]4C(=O)NCc3ccc(F)cc3)nn2)cc1. The molecule has 8 heteroatoms. The van der Waals surface area contributed by atoms with E-state index in [2.05, 4.69) is 15.6 Å². The van der Waals surface area contributed by atoms with E-state index in [0.29, 0.717) is 18.5 Å². The molecule has 3 fully saturated rings. The Kier molecular flexibility index (Phi) is 6.09. The van der Waals surface area contributed by atoms with Gasteiger partial charge in [-0.3, -0.25) is 4.79 Å². The summed E-state index contributed by atoms with van der Waals surface area (Å²) < 4.78 is 20.2. The van der Waals surface area contributed by atoms with Gasteiger partial charge in [-0.25, -0.2) is 9.07 Å². The van der Waals surface area contributed by atoms with Crippen molar-refractivity contribution in [2.75, 3.05) is 20.2 Å². The lowest BCUT2D eigenvalue weighted by atomic mass is 9.75. The molecule has 1 amide bonds. The number of nitrogens with one attached hydrogen (secondary N) is 2. The summed E-state index contributed by atoms with van der Waals surface area (Å²) >= 11 is 0. The van der Waals surface area contributed by atoms with Crippen molar-refractivity contribution >= 4 is 5.91 Å². The van der Waals surface area contributed by atoms with E-state index in [9.17, 15) is 9.18 Å². The Labute approximate surface area is 192 Å². The summed E-state index contributed by atoms with van der Waals surface area (Å²) in [5.74, 6) is 1.10. The number of carbonyl (C=O) groups is 1. The zero-order chi connectivity index (χ0) is 22.8. The summed E-state index contributed by atoms with van der Waals surface area (Å²) in [7, 11) is 1.65. The first-order valence-electron chi connectivity index (χ1n) is 11.5. The van der Waals surface area contributed by atoms with Gasteiger partial charge in [0.05, 0.1) is 38.9 Å². The highest BCUT2D eigenvalue weighted by atomic mass is 19.1. The molecule has 1 unspecified atom stereocenters. The first kappa shape index (κ1) is 21.6. The van der Waals surface area contributed by atoms with Crippen LogP contribution in [-0.4, -0.2) is 47.1 Å². The molecule has 2 bridgehead atoms. The van der Waals surface area contributed by atoms with E-state index in [1.807, 2.05) is 35.1 Å². The zero-order valence-corrected chi connectivity index (χ0v) is 18.7. The van der Waals surface area contributed by atoms with Crippen molar-refractivity contribution in [3.8, 4) is 17.0 Å². The third-order valence-corrected chi connectivity index (χ3v) is 7.10. The lowest BCUT2D eigenvalue weighted by Crippen LogP contribution is -3.20. The van der Waals surface area contributed by atoms with Crippen molar-refractivity contribution in [1.29, 1.82) is 0 Å². The number of halogens is 1. The van der Waals surface area contributed by atoms with Gasteiger partial charge in [0, 0.05) is 24.9 Å². The van der Waals surface area contributed by atoms with Gasteiger partial charge in [0.1, 0.15) is 23.3 Å². The van der Waals surface area contributed by atoms with Crippen LogP contribution in [0.1, 0.15) is 18.4 Å². The molecule has 3 aromatic rings. The summed E-state index contributed by atoms with van der Waals surface area (Å²) in [5.41, 5.74) is 2.77. The van der Waals surface area contributed by atoms with Crippen LogP contribution in [0.15, 0.2) is 54.7 Å². The molecule has 1 aromatic heterocycles. The fourth-order valence-electron chi connectivity index (χ4n) is 5.25. The van der Waals surface area contributed by atoms with Gasteiger partial charge >= 0.3 is 0 Å². The molecule has 3 aliphatic rings. The number of amides is 1. The van der Waals surface area contributed by atoms with Crippen LogP contribution in [0.4, 0.5) is 4.39 Å². The number of carbonyl (C=O) groups excluding carboxylic acids is 1. The molecule has 172 valence electrons. The number of methoxy groups -OCH3 is 1. The molecule has 2 aromatic carbocycles. The lowest BCUT2D eigenvalue weighted by Gasteiger charge is -2.46. The summed E-state index contributed by atoms with van der Waals surface area (Å²) in [6.45, 7) is 3.19. The highest BCUT2D eigenvalue weighted by molar-refractivity contribution is 5.79. The standard InChI is InChI=1S/C25H28FN5O2/c1-33-22-8-4-18(5-9-22)24-16-31(29-28-24)14-21-12-19-10-11-30(21)15-23(19)25(32)27-13-17-2-6-20(26)7-3-17/h2-9,16,19,21,23H,10-15H2,1H3,(H,27,32)/p+1/t19-,21+,23-/m0/s1.